The van der Waals surface area contributed by atoms with Crippen LogP contribution in [0.3, 0.4) is 0 Å². The van der Waals surface area contributed by atoms with Gasteiger partial charge < -0.3 is 10.6 Å². The van der Waals surface area contributed by atoms with Gasteiger partial charge in [-0.15, -0.1) is 11.7 Å². The van der Waals surface area contributed by atoms with Gasteiger partial charge in [0.2, 0.25) is 10.1 Å². The molecule has 7 nitrogen and oxygen atoms in total. The Labute approximate surface area is 158 Å². The zero-order chi connectivity index (χ0) is 18.8. The van der Waals surface area contributed by atoms with Gasteiger partial charge >= 0.3 is 0 Å². The van der Waals surface area contributed by atoms with Crippen LogP contribution in [0, 0.1) is 0 Å². The van der Waals surface area contributed by atoms with Gasteiger partial charge in [-0.1, -0.05) is 35.6 Å². The predicted molar refractivity (Wildman–Crippen MR) is 107 cm³/mol. The van der Waals surface area contributed by atoms with Gasteiger partial charge in [0.1, 0.15) is 0 Å². The Kier molecular flexibility index (Phi) is 4.39. The minimum absolute atomic E-state index is 0.241. The number of nitrogens with one attached hydrogen (secondary N) is 2. The van der Waals surface area contributed by atoms with E-state index in [2.05, 4.69) is 27.3 Å². The van der Waals surface area contributed by atoms with Crippen LogP contribution in [0.25, 0.3) is 15.9 Å². The van der Waals surface area contributed by atoms with Crippen LogP contribution in [0.5, 0.6) is 0 Å². The third-order valence-electron chi connectivity index (χ3n) is 3.89. The fourth-order valence-electron chi connectivity index (χ4n) is 2.61. The molecule has 0 bridgehead atoms. The number of benzene rings is 2. The van der Waals surface area contributed by atoms with E-state index in [0.29, 0.717) is 33.1 Å². The maximum Gasteiger partial charge on any atom is 0.283 e. The average Bonchev–Trinajstić information content (AvgIpc) is 3.09. The lowest BCUT2D eigenvalue weighted by molar-refractivity contribution is 0.0958. The first-order chi connectivity index (χ1) is 13.2. The highest BCUT2D eigenvalue weighted by Gasteiger charge is 2.13. The number of carbonyl (C=O) groups is 1. The van der Waals surface area contributed by atoms with Crippen LogP contribution in [-0.2, 0) is 0 Å². The van der Waals surface area contributed by atoms with E-state index in [1.807, 2.05) is 30.3 Å². The molecule has 2 aromatic heterocycles. The minimum atomic E-state index is -0.273. The molecule has 2 aromatic carbocycles. The monoisotopic (exact) mass is 377 g/mol. The normalized spacial score (nSPS) is 10.8. The summed E-state index contributed by atoms with van der Waals surface area (Å²) < 4.78 is 1.27. The molecule has 0 fully saturated rings. The van der Waals surface area contributed by atoms with Crippen LogP contribution < -0.4 is 16.2 Å². The minimum Gasteiger partial charge on any atom is -0.349 e. The van der Waals surface area contributed by atoms with E-state index in [4.69, 9.17) is 0 Å². The highest BCUT2D eigenvalue weighted by Crippen LogP contribution is 2.22. The third kappa shape index (κ3) is 3.30. The predicted octanol–water partition coefficient (Wildman–Crippen LogP) is 2.96. The molecular formula is C19H15N5O2S. The number of hydrogen-bond acceptors (Lipinski definition) is 6. The van der Waals surface area contributed by atoms with E-state index >= 15 is 0 Å². The summed E-state index contributed by atoms with van der Waals surface area (Å²) in [4.78, 5) is 29.8. The summed E-state index contributed by atoms with van der Waals surface area (Å²) in [5.74, 6) is -0.241. The number of anilines is 2. The van der Waals surface area contributed by atoms with Gasteiger partial charge in [0.05, 0.1) is 10.9 Å². The Balaban J connectivity index is 1.75. The topological polar surface area (TPSA) is 88.4 Å². The number of fused-ring (bicyclic) bond motifs is 2. The molecule has 4 aromatic rings. The first-order valence-electron chi connectivity index (χ1n) is 8.20. The lowest BCUT2D eigenvalue weighted by Crippen LogP contribution is -2.23. The van der Waals surface area contributed by atoms with E-state index < -0.39 is 0 Å². The van der Waals surface area contributed by atoms with Crippen molar-refractivity contribution in [2.45, 2.75) is 0 Å². The highest BCUT2D eigenvalue weighted by molar-refractivity contribution is 7.20. The van der Waals surface area contributed by atoms with Crippen LogP contribution in [0.1, 0.15) is 10.4 Å². The number of carbonyl (C=O) groups excluding carboxylic acids is 1. The molecule has 4 rings (SSSR count). The summed E-state index contributed by atoms with van der Waals surface area (Å²) in [7, 11) is 0. The highest BCUT2D eigenvalue weighted by atomic mass is 32.1. The van der Waals surface area contributed by atoms with Crippen molar-refractivity contribution in [3.63, 3.8) is 0 Å². The van der Waals surface area contributed by atoms with Crippen molar-refractivity contribution in [1.29, 1.82) is 0 Å². The van der Waals surface area contributed by atoms with Gasteiger partial charge in [0.15, 0.2) is 0 Å². The summed E-state index contributed by atoms with van der Waals surface area (Å²) >= 11 is 1.27. The smallest absolute Gasteiger partial charge is 0.283 e. The van der Waals surface area contributed by atoms with Crippen LogP contribution in [0.4, 0.5) is 10.8 Å². The number of amides is 1. The summed E-state index contributed by atoms with van der Waals surface area (Å²) in [6.45, 7) is 3.94. The van der Waals surface area contributed by atoms with Crippen molar-refractivity contribution < 1.29 is 4.79 Å². The quantitative estimate of drug-likeness (QED) is 0.522. The van der Waals surface area contributed by atoms with Crippen molar-refractivity contribution in [3.8, 4) is 0 Å². The standard InChI is InChI=1S/C19H15N5O2S/c1-2-10-20-16(25)12-8-9-14-15(11-12)22-19-24(17(14)26)23-18(27-19)21-13-6-4-3-5-7-13/h2-9,11H,1,10H2,(H,20,25)(H,21,23). The Morgan fingerprint density at radius 2 is 2.04 bits per heavy atom. The SMILES string of the molecule is C=CCNC(=O)c1ccc2c(=O)n3nc(Nc4ccccc4)sc3nc2c1. The molecule has 134 valence electrons. The van der Waals surface area contributed by atoms with E-state index in [0.717, 1.165) is 5.69 Å². The molecule has 0 radical (unpaired) electrons. The van der Waals surface area contributed by atoms with Crippen molar-refractivity contribution in [2.75, 3.05) is 11.9 Å². The number of hydrogen-bond donors (Lipinski definition) is 2. The molecule has 0 atom stereocenters. The number of nitrogens with zero attached hydrogens (tertiary/aromatic N) is 3. The van der Waals surface area contributed by atoms with Crippen molar-refractivity contribution in [1.82, 2.24) is 19.9 Å². The molecule has 27 heavy (non-hydrogen) atoms. The Bertz CT molecular complexity index is 1210. The molecule has 2 heterocycles. The molecule has 0 unspecified atom stereocenters. The van der Waals surface area contributed by atoms with Gasteiger partial charge in [-0.2, -0.15) is 4.52 Å². The number of aromatic nitrogens is 3. The molecule has 0 aliphatic carbocycles. The average molecular weight is 377 g/mol. The molecule has 1 amide bonds. The van der Waals surface area contributed by atoms with Crippen molar-refractivity contribution >= 4 is 43.9 Å². The molecule has 0 aliphatic heterocycles. The molecule has 0 saturated carbocycles. The fourth-order valence-corrected chi connectivity index (χ4v) is 3.43. The molecule has 0 aliphatic rings. The largest absolute Gasteiger partial charge is 0.349 e. The van der Waals surface area contributed by atoms with E-state index in [1.165, 1.54) is 15.9 Å². The zero-order valence-corrected chi connectivity index (χ0v) is 15.0. The molecule has 0 saturated heterocycles. The second kappa shape index (κ2) is 7.00. The van der Waals surface area contributed by atoms with Crippen molar-refractivity contribution in [3.05, 3.63) is 77.1 Å². The molecule has 0 spiro atoms. The van der Waals surface area contributed by atoms with Crippen molar-refractivity contribution in [2.24, 2.45) is 0 Å². The summed E-state index contributed by atoms with van der Waals surface area (Å²) in [5.41, 5.74) is 1.50. The Hall–Kier alpha value is -3.52. The van der Waals surface area contributed by atoms with Gasteiger partial charge in [-0.25, -0.2) is 4.98 Å². The second-order valence-electron chi connectivity index (χ2n) is 5.74. The molecule has 2 N–H and O–H groups in total. The lowest BCUT2D eigenvalue weighted by Gasteiger charge is -2.03. The van der Waals surface area contributed by atoms with Gasteiger partial charge in [0.25, 0.3) is 11.5 Å². The maximum absolute atomic E-state index is 12.7. The molecule has 8 heteroatoms. The van der Waals surface area contributed by atoms with E-state index in [1.54, 1.807) is 24.3 Å². The van der Waals surface area contributed by atoms with Gasteiger partial charge in [-0.05, 0) is 30.3 Å². The second-order valence-corrected chi connectivity index (χ2v) is 6.70. The van der Waals surface area contributed by atoms with Crippen LogP contribution in [-0.4, -0.2) is 27.0 Å². The van der Waals surface area contributed by atoms with E-state index in [9.17, 15) is 9.59 Å². The Morgan fingerprint density at radius 3 is 2.81 bits per heavy atom. The zero-order valence-electron chi connectivity index (χ0n) is 14.2. The van der Waals surface area contributed by atoms with Gasteiger partial charge in [0, 0.05) is 17.8 Å². The summed E-state index contributed by atoms with van der Waals surface area (Å²) in [6.07, 6.45) is 1.60. The summed E-state index contributed by atoms with van der Waals surface area (Å²) in [5, 5.41) is 11.2. The van der Waals surface area contributed by atoms with Crippen LogP contribution >= 0.6 is 11.3 Å². The first-order valence-corrected chi connectivity index (χ1v) is 9.02. The first kappa shape index (κ1) is 16.9. The molecular weight excluding hydrogens is 362 g/mol. The lowest BCUT2D eigenvalue weighted by atomic mass is 10.1. The Morgan fingerprint density at radius 1 is 1.22 bits per heavy atom. The third-order valence-corrected chi connectivity index (χ3v) is 4.71. The van der Waals surface area contributed by atoms with Gasteiger partial charge in [-0.3, -0.25) is 9.59 Å². The van der Waals surface area contributed by atoms with Crippen LogP contribution in [0.15, 0.2) is 66.0 Å². The number of rotatable bonds is 5. The number of para-hydroxylation sites is 1. The maximum atomic E-state index is 12.7. The summed E-state index contributed by atoms with van der Waals surface area (Å²) in [6, 6.07) is 14.4. The van der Waals surface area contributed by atoms with E-state index in [-0.39, 0.29) is 11.5 Å². The van der Waals surface area contributed by atoms with Crippen LogP contribution in [0.2, 0.25) is 0 Å². The fraction of sp³-hybridized carbons (Fsp3) is 0.0526.